The molecule has 9 heteroatoms. The van der Waals surface area contributed by atoms with Crippen molar-refractivity contribution in [3.05, 3.63) is 23.9 Å². The van der Waals surface area contributed by atoms with Crippen molar-refractivity contribution in [3.63, 3.8) is 0 Å². The lowest BCUT2D eigenvalue weighted by Gasteiger charge is -2.30. The Morgan fingerprint density at radius 3 is 2.50 bits per heavy atom. The van der Waals surface area contributed by atoms with Crippen LogP contribution in [0.5, 0.6) is 0 Å². The fraction of sp³-hybridized carbons (Fsp3) is 0.632. The lowest BCUT2D eigenvalue weighted by atomic mass is 9.94. The van der Waals surface area contributed by atoms with Crippen molar-refractivity contribution < 1.29 is 22.8 Å². The van der Waals surface area contributed by atoms with Gasteiger partial charge in [-0.25, -0.2) is 4.98 Å². The number of carbonyl (C=O) groups excluding carboxylic acids is 2. The number of carbonyl (C=O) groups is 2. The molecule has 1 aromatic heterocycles. The van der Waals surface area contributed by atoms with Crippen LogP contribution in [0.1, 0.15) is 45.6 Å². The summed E-state index contributed by atoms with van der Waals surface area (Å²) >= 11 is 0. The topological polar surface area (TPSA) is 74.3 Å². The van der Waals surface area contributed by atoms with Gasteiger partial charge < -0.3 is 15.5 Å². The van der Waals surface area contributed by atoms with Gasteiger partial charge in [-0.3, -0.25) is 9.59 Å². The summed E-state index contributed by atoms with van der Waals surface area (Å²) in [6.45, 7) is 6.96. The summed E-state index contributed by atoms with van der Waals surface area (Å²) in [5.74, 6) is 0.153. The van der Waals surface area contributed by atoms with E-state index in [-0.39, 0.29) is 11.8 Å². The third kappa shape index (κ3) is 5.84. The van der Waals surface area contributed by atoms with Gasteiger partial charge in [-0.05, 0) is 31.4 Å². The molecule has 1 saturated heterocycles. The Bertz CT molecular complexity index is 684. The van der Waals surface area contributed by atoms with Crippen LogP contribution < -0.4 is 10.6 Å². The van der Waals surface area contributed by atoms with Gasteiger partial charge >= 0.3 is 6.18 Å². The number of rotatable bonds is 6. The molecule has 6 nitrogen and oxygen atoms in total. The van der Waals surface area contributed by atoms with Gasteiger partial charge in [0, 0.05) is 31.2 Å². The maximum atomic E-state index is 12.5. The molecular formula is C19H27F3N4O2. The predicted molar refractivity (Wildman–Crippen MR) is 99.5 cm³/mol. The summed E-state index contributed by atoms with van der Waals surface area (Å²) in [6.07, 6.45) is -1.58. The standard InChI is InChI=1S/C19H27F3N4O2/c1-18(2,3)17(28)26-11-4-6-14(26)16(27)24-10-5-9-23-15-8-7-13(12-25-15)19(20,21)22/h7-8,12,14H,4-6,9-11H2,1-3H3,(H,23,25)(H,24,27)/t14-/m1/s1. The van der Waals surface area contributed by atoms with Crippen molar-refractivity contribution in [2.75, 3.05) is 25.0 Å². The molecule has 2 heterocycles. The molecule has 1 fully saturated rings. The fourth-order valence-corrected chi connectivity index (χ4v) is 3.01. The number of pyridine rings is 1. The summed E-state index contributed by atoms with van der Waals surface area (Å²) in [5.41, 5.74) is -1.32. The zero-order chi connectivity index (χ0) is 20.9. The van der Waals surface area contributed by atoms with E-state index in [4.69, 9.17) is 0 Å². The Labute approximate surface area is 162 Å². The Hall–Kier alpha value is -2.32. The van der Waals surface area contributed by atoms with Crippen molar-refractivity contribution in [3.8, 4) is 0 Å². The van der Waals surface area contributed by atoms with Crippen LogP contribution in [0.3, 0.4) is 0 Å². The van der Waals surface area contributed by atoms with Crippen molar-refractivity contribution in [2.24, 2.45) is 5.41 Å². The van der Waals surface area contributed by atoms with Crippen LogP contribution in [0, 0.1) is 5.41 Å². The molecule has 0 spiro atoms. The maximum absolute atomic E-state index is 12.5. The van der Waals surface area contributed by atoms with E-state index in [1.54, 1.807) is 4.90 Å². The van der Waals surface area contributed by atoms with Crippen LogP contribution in [0.25, 0.3) is 0 Å². The number of anilines is 1. The largest absolute Gasteiger partial charge is 0.417 e. The van der Waals surface area contributed by atoms with Gasteiger partial charge in [0.1, 0.15) is 11.9 Å². The van der Waals surface area contributed by atoms with Crippen molar-refractivity contribution in [1.82, 2.24) is 15.2 Å². The molecule has 1 aromatic rings. The van der Waals surface area contributed by atoms with E-state index in [2.05, 4.69) is 15.6 Å². The first kappa shape index (κ1) is 22.0. The highest BCUT2D eigenvalue weighted by Crippen LogP contribution is 2.29. The first-order chi connectivity index (χ1) is 13.0. The highest BCUT2D eigenvalue weighted by molar-refractivity contribution is 5.90. The SMILES string of the molecule is CC(C)(C)C(=O)N1CCC[C@@H]1C(=O)NCCCNc1ccc(C(F)(F)F)cn1. The lowest BCUT2D eigenvalue weighted by Crippen LogP contribution is -2.49. The minimum Gasteiger partial charge on any atom is -0.370 e. The number of halogens is 3. The number of nitrogens with zero attached hydrogens (tertiary/aromatic N) is 2. The molecule has 28 heavy (non-hydrogen) atoms. The van der Waals surface area contributed by atoms with E-state index in [1.807, 2.05) is 20.8 Å². The van der Waals surface area contributed by atoms with E-state index >= 15 is 0 Å². The normalized spacial score (nSPS) is 17.5. The second kappa shape index (κ2) is 8.79. The average molecular weight is 400 g/mol. The van der Waals surface area contributed by atoms with Gasteiger partial charge in [0.2, 0.25) is 11.8 Å². The molecule has 1 atom stereocenters. The number of likely N-dealkylation sites (tertiary alicyclic amines) is 1. The van der Waals surface area contributed by atoms with Crippen LogP contribution in [0.15, 0.2) is 18.3 Å². The monoisotopic (exact) mass is 400 g/mol. The second-order valence-corrected chi connectivity index (χ2v) is 7.91. The molecule has 2 amide bonds. The third-order valence-electron chi connectivity index (χ3n) is 4.51. The Morgan fingerprint density at radius 2 is 1.93 bits per heavy atom. The van der Waals surface area contributed by atoms with Gasteiger partial charge in [-0.2, -0.15) is 13.2 Å². The number of hydrogen-bond donors (Lipinski definition) is 2. The molecule has 2 rings (SSSR count). The van der Waals surface area contributed by atoms with Crippen LogP contribution in [-0.2, 0) is 15.8 Å². The lowest BCUT2D eigenvalue weighted by molar-refractivity contribution is -0.144. The van der Waals surface area contributed by atoms with E-state index < -0.39 is 23.2 Å². The molecule has 1 aliphatic heterocycles. The molecule has 156 valence electrons. The van der Waals surface area contributed by atoms with E-state index in [0.717, 1.165) is 18.7 Å². The number of aromatic nitrogens is 1. The molecule has 2 N–H and O–H groups in total. The van der Waals surface area contributed by atoms with Crippen LogP contribution in [-0.4, -0.2) is 47.4 Å². The first-order valence-corrected chi connectivity index (χ1v) is 9.36. The summed E-state index contributed by atoms with van der Waals surface area (Å²) in [7, 11) is 0. The number of hydrogen-bond acceptors (Lipinski definition) is 4. The number of nitrogens with one attached hydrogen (secondary N) is 2. The van der Waals surface area contributed by atoms with E-state index in [0.29, 0.717) is 38.3 Å². The molecule has 0 saturated carbocycles. The zero-order valence-corrected chi connectivity index (χ0v) is 16.4. The van der Waals surface area contributed by atoms with Gasteiger partial charge in [-0.1, -0.05) is 20.8 Å². The van der Waals surface area contributed by atoms with Crippen molar-refractivity contribution >= 4 is 17.6 Å². The number of alkyl halides is 3. The first-order valence-electron chi connectivity index (χ1n) is 9.36. The van der Waals surface area contributed by atoms with Gasteiger partial charge in [-0.15, -0.1) is 0 Å². The molecule has 0 aromatic carbocycles. The van der Waals surface area contributed by atoms with Crippen LogP contribution >= 0.6 is 0 Å². The highest BCUT2D eigenvalue weighted by atomic mass is 19.4. The second-order valence-electron chi connectivity index (χ2n) is 7.91. The zero-order valence-electron chi connectivity index (χ0n) is 16.4. The van der Waals surface area contributed by atoms with Crippen LogP contribution in [0.2, 0.25) is 0 Å². The van der Waals surface area contributed by atoms with Crippen molar-refractivity contribution in [1.29, 1.82) is 0 Å². The minimum atomic E-state index is -4.40. The Morgan fingerprint density at radius 1 is 1.21 bits per heavy atom. The number of amides is 2. The van der Waals surface area contributed by atoms with Crippen molar-refractivity contribution in [2.45, 2.75) is 52.3 Å². The summed E-state index contributed by atoms with van der Waals surface area (Å²) in [4.78, 5) is 30.2. The fourth-order valence-electron chi connectivity index (χ4n) is 3.01. The predicted octanol–water partition coefficient (Wildman–Crippen LogP) is 3.06. The molecule has 0 radical (unpaired) electrons. The van der Waals surface area contributed by atoms with Gasteiger partial charge in [0.05, 0.1) is 5.56 Å². The third-order valence-corrected chi connectivity index (χ3v) is 4.51. The van der Waals surface area contributed by atoms with Gasteiger partial charge in [0.25, 0.3) is 0 Å². The molecule has 0 unspecified atom stereocenters. The quantitative estimate of drug-likeness (QED) is 0.720. The molecule has 0 aliphatic carbocycles. The summed E-state index contributed by atoms with van der Waals surface area (Å²) in [6, 6.07) is 1.81. The molecule has 1 aliphatic rings. The molecular weight excluding hydrogens is 373 g/mol. The summed E-state index contributed by atoms with van der Waals surface area (Å²) in [5, 5.41) is 5.75. The maximum Gasteiger partial charge on any atom is 0.417 e. The smallest absolute Gasteiger partial charge is 0.370 e. The van der Waals surface area contributed by atoms with E-state index in [1.165, 1.54) is 6.07 Å². The Balaban J connectivity index is 1.73. The average Bonchev–Trinajstić information content (AvgIpc) is 3.09. The summed E-state index contributed by atoms with van der Waals surface area (Å²) < 4.78 is 37.5. The van der Waals surface area contributed by atoms with E-state index in [9.17, 15) is 22.8 Å². The molecule has 0 bridgehead atoms. The Kier molecular flexibility index (Phi) is 6.90. The van der Waals surface area contributed by atoms with Crippen LogP contribution in [0.4, 0.5) is 19.0 Å². The minimum absolute atomic E-state index is 0.0276. The van der Waals surface area contributed by atoms with Gasteiger partial charge in [0.15, 0.2) is 0 Å². The highest BCUT2D eigenvalue weighted by Gasteiger charge is 2.38.